The van der Waals surface area contributed by atoms with Crippen molar-refractivity contribution >= 4 is 44.9 Å². The fourth-order valence-electron chi connectivity index (χ4n) is 2.88. The van der Waals surface area contributed by atoms with Crippen molar-refractivity contribution in [1.29, 1.82) is 0 Å². The van der Waals surface area contributed by atoms with E-state index >= 15 is 0 Å². The van der Waals surface area contributed by atoms with E-state index in [9.17, 15) is 4.79 Å². The number of thiazole rings is 1. The summed E-state index contributed by atoms with van der Waals surface area (Å²) in [5.74, 6) is 1.29. The molecule has 0 bridgehead atoms. The number of hydrogen-bond donors (Lipinski definition) is 1. The van der Waals surface area contributed by atoms with Crippen LogP contribution >= 0.6 is 23.1 Å². The van der Waals surface area contributed by atoms with Gasteiger partial charge in [0.25, 0.3) is 0 Å². The summed E-state index contributed by atoms with van der Waals surface area (Å²) in [7, 11) is 0. The summed E-state index contributed by atoms with van der Waals surface area (Å²) >= 11 is 3.31. The standard InChI is InChI=1S/C23H20N2OS2/c1-16-7-12-20-21(13-16)28-23(25-20)18-8-10-19(11-9-18)24-22(26)15-27-14-17-5-3-2-4-6-17/h2-13H,14-15H2,1H3,(H,24,26). The Morgan fingerprint density at radius 1 is 1.04 bits per heavy atom. The van der Waals surface area contributed by atoms with Crippen LogP contribution < -0.4 is 5.32 Å². The van der Waals surface area contributed by atoms with Gasteiger partial charge in [0.15, 0.2) is 0 Å². The summed E-state index contributed by atoms with van der Waals surface area (Å²) in [4.78, 5) is 16.9. The van der Waals surface area contributed by atoms with Crippen LogP contribution in [0.1, 0.15) is 11.1 Å². The van der Waals surface area contributed by atoms with E-state index in [1.165, 1.54) is 15.8 Å². The lowest BCUT2D eigenvalue weighted by Crippen LogP contribution is -2.14. The van der Waals surface area contributed by atoms with E-state index in [0.29, 0.717) is 5.75 Å². The minimum Gasteiger partial charge on any atom is -0.325 e. The van der Waals surface area contributed by atoms with Crippen LogP contribution in [-0.2, 0) is 10.5 Å². The zero-order chi connectivity index (χ0) is 19.3. The number of anilines is 1. The van der Waals surface area contributed by atoms with Gasteiger partial charge >= 0.3 is 0 Å². The molecule has 1 heterocycles. The fourth-order valence-corrected chi connectivity index (χ4v) is 4.74. The van der Waals surface area contributed by atoms with Crippen molar-refractivity contribution < 1.29 is 4.79 Å². The fraction of sp³-hybridized carbons (Fsp3) is 0.130. The molecule has 4 aromatic rings. The van der Waals surface area contributed by atoms with Crippen molar-refractivity contribution in [3.8, 4) is 10.6 Å². The molecule has 1 amide bonds. The van der Waals surface area contributed by atoms with Gasteiger partial charge in [0.1, 0.15) is 5.01 Å². The highest BCUT2D eigenvalue weighted by molar-refractivity contribution is 7.99. The molecule has 0 aliphatic heterocycles. The highest BCUT2D eigenvalue weighted by Gasteiger charge is 2.08. The monoisotopic (exact) mass is 404 g/mol. The number of benzene rings is 3. The van der Waals surface area contributed by atoms with Gasteiger partial charge in [-0.05, 0) is 54.4 Å². The summed E-state index contributed by atoms with van der Waals surface area (Å²) in [6.07, 6.45) is 0. The van der Waals surface area contributed by atoms with Gasteiger partial charge in [-0.2, -0.15) is 0 Å². The van der Waals surface area contributed by atoms with Gasteiger partial charge in [0, 0.05) is 17.0 Å². The second kappa shape index (κ2) is 8.59. The lowest BCUT2D eigenvalue weighted by Gasteiger charge is -2.06. The number of thioether (sulfide) groups is 1. The number of fused-ring (bicyclic) bond motifs is 1. The van der Waals surface area contributed by atoms with Crippen LogP contribution in [0.15, 0.2) is 72.8 Å². The van der Waals surface area contributed by atoms with Crippen LogP contribution in [0, 0.1) is 6.92 Å². The number of aryl methyl sites for hydroxylation is 1. The molecule has 0 aliphatic rings. The van der Waals surface area contributed by atoms with Gasteiger partial charge in [-0.25, -0.2) is 4.98 Å². The maximum atomic E-state index is 12.2. The van der Waals surface area contributed by atoms with E-state index in [2.05, 4.69) is 42.6 Å². The van der Waals surface area contributed by atoms with E-state index in [1.54, 1.807) is 23.1 Å². The van der Waals surface area contributed by atoms with Crippen molar-refractivity contribution in [1.82, 2.24) is 4.98 Å². The number of carbonyl (C=O) groups is 1. The first-order valence-corrected chi connectivity index (χ1v) is 11.0. The molecular formula is C23H20N2OS2. The van der Waals surface area contributed by atoms with Crippen LogP contribution in [0.2, 0.25) is 0 Å². The van der Waals surface area contributed by atoms with E-state index < -0.39 is 0 Å². The van der Waals surface area contributed by atoms with Crippen LogP contribution in [0.5, 0.6) is 0 Å². The molecule has 4 rings (SSSR count). The lowest BCUT2D eigenvalue weighted by atomic mass is 10.2. The predicted octanol–water partition coefficient (Wildman–Crippen LogP) is 6.14. The smallest absolute Gasteiger partial charge is 0.234 e. The molecule has 140 valence electrons. The average molecular weight is 405 g/mol. The quantitative estimate of drug-likeness (QED) is 0.419. The molecule has 1 N–H and O–H groups in total. The number of aromatic nitrogens is 1. The Hall–Kier alpha value is -2.63. The van der Waals surface area contributed by atoms with Crippen molar-refractivity contribution in [2.24, 2.45) is 0 Å². The first kappa shape index (κ1) is 18.7. The molecule has 0 fully saturated rings. The SMILES string of the molecule is Cc1ccc2nc(-c3ccc(NC(=O)CSCc4ccccc4)cc3)sc2c1. The molecular weight excluding hydrogens is 384 g/mol. The normalized spacial score (nSPS) is 10.9. The van der Waals surface area contributed by atoms with Crippen LogP contribution in [0.25, 0.3) is 20.8 Å². The Kier molecular flexibility index (Phi) is 5.74. The van der Waals surface area contributed by atoms with Gasteiger partial charge in [0.2, 0.25) is 5.91 Å². The number of rotatable bonds is 6. The Morgan fingerprint density at radius 3 is 2.61 bits per heavy atom. The third kappa shape index (κ3) is 4.61. The molecule has 1 aromatic heterocycles. The summed E-state index contributed by atoms with van der Waals surface area (Å²) in [6.45, 7) is 2.09. The first-order valence-electron chi connectivity index (χ1n) is 9.06. The summed E-state index contributed by atoms with van der Waals surface area (Å²) in [6, 6.07) is 24.4. The first-order chi connectivity index (χ1) is 13.7. The highest BCUT2D eigenvalue weighted by atomic mass is 32.2. The Morgan fingerprint density at radius 2 is 1.82 bits per heavy atom. The maximum absolute atomic E-state index is 12.2. The van der Waals surface area contributed by atoms with Crippen molar-refractivity contribution in [2.75, 3.05) is 11.1 Å². The molecule has 0 unspecified atom stereocenters. The van der Waals surface area contributed by atoms with Gasteiger partial charge in [-0.1, -0.05) is 36.4 Å². The second-order valence-electron chi connectivity index (χ2n) is 6.59. The van der Waals surface area contributed by atoms with E-state index in [0.717, 1.165) is 27.5 Å². The van der Waals surface area contributed by atoms with Crippen LogP contribution in [0.4, 0.5) is 5.69 Å². The Bertz CT molecular complexity index is 1090. The molecule has 3 nitrogen and oxygen atoms in total. The predicted molar refractivity (Wildman–Crippen MR) is 121 cm³/mol. The minimum atomic E-state index is 0.0177. The van der Waals surface area contributed by atoms with E-state index in [-0.39, 0.29) is 5.91 Å². The zero-order valence-electron chi connectivity index (χ0n) is 15.5. The van der Waals surface area contributed by atoms with Gasteiger partial charge in [-0.15, -0.1) is 23.1 Å². The topological polar surface area (TPSA) is 42.0 Å². The summed E-state index contributed by atoms with van der Waals surface area (Å²) < 4.78 is 1.20. The highest BCUT2D eigenvalue weighted by Crippen LogP contribution is 2.31. The van der Waals surface area contributed by atoms with Crippen molar-refractivity contribution in [3.05, 3.63) is 83.9 Å². The van der Waals surface area contributed by atoms with Crippen LogP contribution in [0.3, 0.4) is 0 Å². The Balaban J connectivity index is 1.35. The van der Waals surface area contributed by atoms with Gasteiger partial charge < -0.3 is 5.32 Å². The third-order valence-corrected chi connectivity index (χ3v) is 6.38. The minimum absolute atomic E-state index is 0.0177. The van der Waals surface area contributed by atoms with Gasteiger partial charge in [-0.3, -0.25) is 4.79 Å². The number of hydrogen-bond acceptors (Lipinski definition) is 4. The zero-order valence-corrected chi connectivity index (χ0v) is 17.1. The third-order valence-electron chi connectivity index (χ3n) is 4.30. The van der Waals surface area contributed by atoms with E-state index in [4.69, 9.17) is 4.98 Å². The molecule has 0 radical (unpaired) electrons. The number of nitrogens with one attached hydrogen (secondary N) is 1. The molecule has 5 heteroatoms. The number of amides is 1. The molecule has 28 heavy (non-hydrogen) atoms. The molecule has 3 aromatic carbocycles. The molecule has 0 saturated carbocycles. The lowest BCUT2D eigenvalue weighted by molar-refractivity contribution is -0.113. The maximum Gasteiger partial charge on any atom is 0.234 e. The van der Waals surface area contributed by atoms with Gasteiger partial charge in [0.05, 0.1) is 16.0 Å². The van der Waals surface area contributed by atoms with Crippen LogP contribution in [-0.4, -0.2) is 16.6 Å². The molecule has 0 aliphatic carbocycles. The Labute approximate surface area is 172 Å². The summed E-state index contributed by atoms with van der Waals surface area (Å²) in [5.41, 5.74) is 5.38. The summed E-state index contributed by atoms with van der Waals surface area (Å²) in [5, 5.41) is 3.96. The molecule has 0 saturated heterocycles. The second-order valence-corrected chi connectivity index (χ2v) is 8.61. The number of nitrogens with zero attached hydrogens (tertiary/aromatic N) is 1. The largest absolute Gasteiger partial charge is 0.325 e. The van der Waals surface area contributed by atoms with Crippen molar-refractivity contribution in [3.63, 3.8) is 0 Å². The average Bonchev–Trinajstić information content (AvgIpc) is 3.12. The molecule has 0 atom stereocenters. The molecule has 0 spiro atoms. The van der Waals surface area contributed by atoms with Crippen molar-refractivity contribution in [2.45, 2.75) is 12.7 Å². The van der Waals surface area contributed by atoms with E-state index in [1.807, 2.05) is 42.5 Å². The number of carbonyl (C=O) groups excluding carboxylic acids is 1.